The Hall–Kier alpha value is -3.70. The summed E-state index contributed by atoms with van der Waals surface area (Å²) in [5, 5.41) is 0. The zero-order valence-electron chi connectivity index (χ0n) is 24.9. The van der Waals surface area contributed by atoms with Gasteiger partial charge in [0.2, 0.25) is 0 Å². The van der Waals surface area contributed by atoms with Gasteiger partial charge in [-0.1, -0.05) is 100 Å². The highest BCUT2D eigenvalue weighted by molar-refractivity contribution is 9.11. The minimum absolute atomic E-state index is 0.191. The first-order valence-corrected chi connectivity index (χ1v) is 18.1. The fourth-order valence-electron chi connectivity index (χ4n) is 5.25. The Kier molecular flexibility index (Phi) is 10.1. The van der Waals surface area contributed by atoms with Gasteiger partial charge in [0.1, 0.15) is 12.4 Å². The maximum absolute atomic E-state index is 14.4. The maximum atomic E-state index is 14.4. The van der Waals surface area contributed by atoms with Gasteiger partial charge < -0.3 is 9.47 Å². The third-order valence-electron chi connectivity index (χ3n) is 7.35. The fourth-order valence-corrected chi connectivity index (χ4v) is 8.03. The Balaban J connectivity index is 1.57. The van der Waals surface area contributed by atoms with Crippen LogP contribution in [0.15, 0.2) is 126 Å². The van der Waals surface area contributed by atoms with Gasteiger partial charge in [0.05, 0.1) is 32.9 Å². The molecule has 6 rings (SSSR count). The molecule has 1 aliphatic rings. The molecule has 10 heteroatoms. The van der Waals surface area contributed by atoms with Crippen molar-refractivity contribution in [1.29, 1.82) is 0 Å². The van der Waals surface area contributed by atoms with Crippen LogP contribution in [-0.4, -0.2) is 23.4 Å². The largest absolute Gasteiger partial charge is 0.487 e. The van der Waals surface area contributed by atoms with Crippen LogP contribution in [0.1, 0.15) is 35.2 Å². The number of nitrogens with zero attached hydrogens (tertiary/aromatic N) is 2. The second kappa shape index (κ2) is 14.4. The van der Waals surface area contributed by atoms with Crippen LogP contribution < -0.4 is 19.6 Å². The first-order valence-electron chi connectivity index (χ1n) is 14.5. The molecule has 0 saturated heterocycles. The normalized spacial score (nSPS) is 14.5. The first-order chi connectivity index (χ1) is 22.4. The molecule has 4 aromatic carbocycles. The molecule has 46 heavy (non-hydrogen) atoms. The third-order valence-corrected chi connectivity index (χ3v) is 10.1. The standard InChI is InChI=1S/C36H28Br2N2O4S2/c1-3-43-35(42)30-31(23-12-8-5-9-13-23)39-36-40(32(30)24-14-16-27(45-2)17-15-24)34(41)29(46-36)19-25-18-26(37)20-28(38)33(25)44-21-22-10-6-4-7-11-22/h4-20,32H,3,21H2,1-2H3/b29-19-/t32-/m0/s1. The number of aromatic nitrogens is 1. The molecule has 5 aromatic rings. The molecule has 1 aromatic heterocycles. The topological polar surface area (TPSA) is 69.9 Å². The average Bonchev–Trinajstić information content (AvgIpc) is 3.38. The zero-order valence-corrected chi connectivity index (χ0v) is 29.7. The van der Waals surface area contributed by atoms with Crippen molar-refractivity contribution in [1.82, 2.24) is 4.57 Å². The van der Waals surface area contributed by atoms with Crippen LogP contribution in [0.25, 0.3) is 11.8 Å². The zero-order chi connectivity index (χ0) is 32.2. The number of thioether (sulfide) groups is 1. The van der Waals surface area contributed by atoms with Crippen molar-refractivity contribution in [2.45, 2.75) is 24.5 Å². The molecular formula is C36H28Br2N2O4S2. The molecule has 0 unspecified atom stereocenters. The molecule has 0 aliphatic carbocycles. The lowest BCUT2D eigenvalue weighted by Gasteiger charge is -2.26. The Bertz CT molecular complexity index is 2110. The number of benzene rings is 4. The summed E-state index contributed by atoms with van der Waals surface area (Å²) >= 11 is 10.1. The molecule has 1 aliphatic heterocycles. The van der Waals surface area contributed by atoms with E-state index in [0.717, 1.165) is 36.1 Å². The van der Waals surface area contributed by atoms with Gasteiger partial charge in [-0.3, -0.25) is 9.36 Å². The highest BCUT2D eigenvalue weighted by Gasteiger charge is 2.35. The summed E-state index contributed by atoms with van der Waals surface area (Å²) in [7, 11) is 0. The van der Waals surface area contributed by atoms with E-state index in [2.05, 4.69) is 31.9 Å². The second-order valence-electron chi connectivity index (χ2n) is 10.3. The first kappa shape index (κ1) is 32.2. The fraction of sp³-hybridized carbons (Fsp3) is 0.139. The minimum Gasteiger partial charge on any atom is -0.487 e. The minimum atomic E-state index is -0.744. The number of halogens is 2. The van der Waals surface area contributed by atoms with Crippen LogP contribution in [0.2, 0.25) is 0 Å². The van der Waals surface area contributed by atoms with Crippen LogP contribution in [-0.2, 0) is 16.1 Å². The van der Waals surface area contributed by atoms with Gasteiger partial charge in [0.15, 0.2) is 4.80 Å². The summed E-state index contributed by atoms with van der Waals surface area (Å²) in [4.78, 5) is 34.6. The highest BCUT2D eigenvalue weighted by atomic mass is 79.9. The summed E-state index contributed by atoms with van der Waals surface area (Å²) in [6.45, 7) is 2.32. The van der Waals surface area contributed by atoms with Crippen LogP contribution in [0, 0.1) is 0 Å². The number of ether oxygens (including phenoxy) is 2. The van der Waals surface area contributed by atoms with Gasteiger partial charge in [-0.2, -0.15) is 0 Å². The van der Waals surface area contributed by atoms with Gasteiger partial charge in [0.25, 0.3) is 5.56 Å². The van der Waals surface area contributed by atoms with Crippen molar-refractivity contribution >= 4 is 72.7 Å². The van der Waals surface area contributed by atoms with Crippen molar-refractivity contribution in [2.24, 2.45) is 4.99 Å². The number of carbonyl (C=O) groups excluding carboxylic acids is 1. The molecule has 0 bridgehead atoms. The van der Waals surface area contributed by atoms with Gasteiger partial charge >= 0.3 is 5.97 Å². The highest BCUT2D eigenvalue weighted by Crippen LogP contribution is 2.37. The predicted octanol–water partition coefficient (Wildman–Crippen LogP) is 7.76. The molecule has 1 atom stereocenters. The molecule has 6 nitrogen and oxygen atoms in total. The Morgan fingerprint density at radius 3 is 2.37 bits per heavy atom. The molecule has 0 N–H and O–H groups in total. The lowest BCUT2D eigenvalue weighted by Crippen LogP contribution is -2.40. The van der Waals surface area contributed by atoms with Gasteiger partial charge in [-0.05, 0) is 70.6 Å². The van der Waals surface area contributed by atoms with E-state index in [1.165, 1.54) is 11.3 Å². The van der Waals surface area contributed by atoms with E-state index in [0.29, 0.717) is 33.0 Å². The van der Waals surface area contributed by atoms with E-state index in [1.54, 1.807) is 23.3 Å². The quantitative estimate of drug-likeness (QED) is 0.113. The van der Waals surface area contributed by atoms with Crippen molar-refractivity contribution in [2.75, 3.05) is 12.9 Å². The lowest BCUT2D eigenvalue weighted by molar-refractivity contribution is -0.138. The second-order valence-corrected chi connectivity index (χ2v) is 13.9. The molecule has 0 saturated carbocycles. The van der Waals surface area contributed by atoms with E-state index in [-0.39, 0.29) is 12.2 Å². The number of thiazole rings is 1. The van der Waals surface area contributed by atoms with Crippen LogP contribution >= 0.6 is 55.0 Å². The number of hydrogen-bond donors (Lipinski definition) is 0. The van der Waals surface area contributed by atoms with Gasteiger partial charge in [0, 0.05) is 20.5 Å². The van der Waals surface area contributed by atoms with E-state index >= 15 is 0 Å². The van der Waals surface area contributed by atoms with E-state index in [1.807, 2.05) is 109 Å². The lowest BCUT2D eigenvalue weighted by atomic mass is 9.93. The molecule has 0 fully saturated rings. The monoisotopic (exact) mass is 774 g/mol. The van der Waals surface area contributed by atoms with Crippen molar-refractivity contribution in [3.63, 3.8) is 0 Å². The van der Waals surface area contributed by atoms with Crippen LogP contribution in [0.5, 0.6) is 5.75 Å². The van der Waals surface area contributed by atoms with E-state index in [4.69, 9.17) is 14.5 Å². The number of hydrogen-bond acceptors (Lipinski definition) is 7. The summed E-state index contributed by atoms with van der Waals surface area (Å²) in [6, 6.07) is 30.4. The van der Waals surface area contributed by atoms with Crippen molar-refractivity contribution in [3.05, 3.63) is 154 Å². The molecule has 0 spiro atoms. The molecule has 0 amide bonds. The van der Waals surface area contributed by atoms with Gasteiger partial charge in [-0.25, -0.2) is 9.79 Å². The van der Waals surface area contributed by atoms with Crippen molar-refractivity contribution in [3.8, 4) is 5.75 Å². The molecule has 232 valence electrons. The predicted molar refractivity (Wildman–Crippen MR) is 192 cm³/mol. The van der Waals surface area contributed by atoms with Crippen molar-refractivity contribution < 1.29 is 14.3 Å². The summed E-state index contributed by atoms with van der Waals surface area (Å²) in [5.41, 5.74) is 3.84. The molecule has 0 radical (unpaired) electrons. The smallest absolute Gasteiger partial charge is 0.338 e. The summed E-state index contributed by atoms with van der Waals surface area (Å²) in [5.74, 6) is 0.102. The van der Waals surface area contributed by atoms with Gasteiger partial charge in [-0.15, -0.1) is 11.8 Å². The Morgan fingerprint density at radius 2 is 1.70 bits per heavy atom. The molecule has 2 heterocycles. The van der Waals surface area contributed by atoms with E-state index < -0.39 is 12.0 Å². The number of rotatable bonds is 9. The Labute approximate surface area is 291 Å². The Morgan fingerprint density at radius 1 is 1.00 bits per heavy atom. The summed E-state index contributed by atoms with van der Waals surface area (Å²) < 4.78 is 15.5. The number of fused-ring (bicyclic) bond motifs is 1. The number of carbonyl (C=O) groups is 1. The van der Waals surface area contributed by atoms with E-state index in [9.17, 15) is 9.59 Å². The van der Waals surface area contributed by atoms with Crippen LogP contribution in [0.3, 0.4) is 0 Å². The number of esters is 1. The SMILES string of the molecule is CCOC(=O)C1=C(c2ccccc2)N=c2s/c(=C\c3cc(Br)cc(Br)c3OCc3ccccc3)c(=O)n2[C@H]1c1ccc(SC)cc1. The third kappa shape index (κ3) is 6.71. The summed E-state index contributed by atoms with van der Waals surface area (Å²) in [6.07, 6.45) is 3.83. The van der Waals surface area contributed by atoms with Crippen LogP contribution in [0.4, 0.5) is 0 Å². The molecular weight excluding hydrogens is 748 g/mol. The maximum Gasteiger partial charge on any atom is 0.338 e. The average molecular weight is 777 g/mol.